The molecule has 0 aliphatic carbocycles. The van der Waals surface area contributed by atoms with Crippen molar-refractivity contribution in [2.24, 2.45) is 5.73 Å². The summed E-state index contributed by atoms with van der Waals surface area (Å²) in [6.45, 7) is 1.96. The summed E-state index contributed by atoms with van der Waals surface area (Å²) in [4.78, 5) is 21.8. The van der Waals surface area contributed by atoms with Gasteiger partial charge in [0.1, 0.15) is 17.1 Å². The molecule has 0 radical (unpaired) electrons. The zero-order valence-corrected chi connectivity index (χ0v) is 10.8. The number of anilines is 1. The number of hydrogen-bond donors (Lipinski definition) is 3. The zero-order valence-electron chi connectivity index (χ0n) is 10.8. The van der Waals surface area contributed by atoms with E-state index in [0.29, 0.717) is 23.6 Å². The van der Waals surface area contributed by atoms with E-state index in [2.05, 4.69) is 5.32 Å². The van der Waals surface area contributed by atoms with Crippen LogP contribution < -0.4 is 11.1 Å². The number of nitrogens with two attached hydrogens (primary N) is 1. The number of aryl methyl sites for hydroxylation is 1. The number of carbonyl (C=O) groups excluding carboxylic acids is 1. The van der Waals surface area contributed by atoms with Gasteiger partial charge in [0.05, 0.1) is 6.54 Å². The smallest absolute Gasteiger partial charge is 0.339 e. The minimum atomic E-state index is -1.01. The summed E-state index contributed by atoms with van der Waals surface area (Å²) in [5, 5.41) is 12.0. The lowest BCUT2D eigenvalue weighted by molar-refractivity contribution is 0.0694. The molecule has 0 atom stereocenters. The van der Waals surface area contributed by atoms with Crippen LogP contribution in [0.1, 0.15) is 32.2 Å². The average Bonchev–Trinajstić information content (AvgIpc) is 2.78. The van der Waals surface area contributed by atoms with E-state index in [9.17, 15) is 9.59 Å². The Labute approximate surface area is 115 Å². The van der Waals surface area contributed by atoms with Crippen molar-refractivity contribution in [3.8, 4) is 0 Å². The fourth-order valence-corrected chi connectivity index (χ4v) is 1.78. The second kappa shape index (κ2) is 5.48. The standard InChI is InChI=1S/C14H14N2O4/c1-8-12(14(18)19)6-11(20-8)7-16-10-4-2-9(3-5-10)13(15)17/h2-6,16H,7H2,1H3,(H2,15,17)(H,18,19). The number of furan rings is 1. The van der Waals surface area contributed by atoms with E-state index in [-0.39, 0.29) is 5.56 Å². The third kappa shape index (κ3) is 2.97. The highest BCUT2D eigenvalue weighted by atomic mass is 16.4. The molecule has 0 spiro atoms. The molecule has 4 N–H and O–H groups in total. The van der Waals surface area contributed by atoms with Gasteiger partial charge in [-0.05, 0) is 37.3 Å². The average molecular weight is 274 g/mol. The van der Waals surface area contributed by atoms with E-state index >= 15 is 0 Å². The zero-order chi connectivity index (χ0) is 14.7. The number of benzene rings is 1. The van der Waals surface area contributed by atoms with Crippen molar-refractivity contribution >= 4 is 17.6 Å². The lowest BCUT2D eigenvalue weighted by Gasteiger charge is -2.04. The SMILES string of the molecule is Cc1oc(CNc2ccc(C(N)=O)cc2)cc1C(=O)O. The molecule has 104 valence electrons. The molecule has 20 heavy (non-hydrogen) atoms. The molecule has 1 aromatic carbocycles. The molecule has 2 aromatic rings. The normalized spacial score (nSPS) is 10.2. The number of aromatic carboxylic acids is 1. The molecule has 0 aliphatic heterocycles. The van der Waals surface area contributed by atoms with Gasteiger partial charge in [-0.25, -0.2) is 4.79 Å². The summed E-state index contributed by atoms with van der Waals surface area (Å²) < 4.78 is 5.34. The molecule has 0 aliphatic rings. The topological polar surface area (TPSA) is 106 Å². The summed E-state index contributed by atoms with van der Waals surface area (Å²) in [5.41, 5.74) is 6.51. The van der Waals surface area contributed by atoms with E-state index < -0.39 is 11.9 Å². The second-order valence-corrected chi connectivity index (χ2v) is 4.28. The molecule has 0 unspecified atom stereocenters. The fourth-order valence-electron chi connectivity index (χ4n) is 1.78. The molecule has 0 saturated carbocycles. The van der Waals surface area contributed by atoms with E-state index in [1.807, 2.05) is 0 Å². The number of nitrogens with one attached hydrogen (secondary N) is 1. The molecule has 2 rings (SSSR count). The molecule has 1 amide bonds. The molecule has 1 aromatic heterocycles. The highest BCUT2D eigenvalue weighted by Crippen LogP contribution is 2.16. The summed E-state index contributed by atoms with van der Waals surface area (Å²) in [7, 11) is 0. The number of carbonyl (C=O) groups is 2. The molecular formula is C14H14N2O4. The number of amides is 1. The lowest BCUT2D eigenvalue weighted by atomic mass is 10.2. The first kappa shape index (κ1) is 13.7. The maximum atomic E-state index is 10.9. The van der Waals surface area contributed by atoms with Crippen LogP contribution >= 0.6 is 0 Å². The highest BCUT2D eigenvalue weighted by molar-refractivity contribution is 5.93. The minimum Gasteiger partial charge on any atom is -0.478 e. The Morgan fingerprint density at radius 1 is 1.30 bits per heavy atom. The van der Waals surface area contributed by atoms with Gasteiger partial charge in [0.15, 0.2) is 0 Å². The van der Waals surface area contributed by atoms with Crippen molar-refractivity contribution in [2.75, 3.05) is 5.32 Å². The van der Waals surface area contributed by atoms with Gasteiger partial charge in [-0.1, -0.05) is 0 Å². The first-order valence-electron chi connectivity index (χ1n) is 5.93. The van der Waals surface area contributed by atoms with Crippen LogP contribution in [0.2, 0.25) is 0 Å². The molecule has 0 bridgehead atoms. The third-order valence-electron chi connectivity index (χ3n) is 2.84. The van der Waals surface area contributed by atoms with Crippen LogP contribution in [-0.4, -0.2) is 17.0 Å². The maximum Gasteiger partial charge on any atom is 0.339 e. The summed E-state index contributed by atoms with van der Waals surface area (Å²) in [5.74, 6) is -0.593. The van der Waals surface area contributed by atoms with Crippen LogP contribution in [0.5, 0.6) is 0 Å². The Bertz CT molecular complexity index is 644. The van der Waals surface area contributed by atoms with Crippen LogP contribution in [0.25, 0.3) is 0 Å². The first-order valence-corrected chi connectivity index (χ1v) is 5.93. The van der Waals surface area contributed by atoms with Gasteiger partial charge in [0.2, 0.25) is 5.91 Å². The van der Waals surface area contributed by atoms with Crippen LogP contribution in [0.3, 0.4) is 0 Å². The second-order valence-electron chi connectivity index (χ2n) is 4.28. The Balaban J connectivity index is 2.03. The monoisotopic (exact) mass is 274 g/mol. The van der Waals surface area contributed by atoms with Crippen LogP contribution in [0, 0.1) is 6.92 Å². The number of carboxylic acid groups (broad SMARTS) is 1. The minimum absolute atomic E-state index is 0.158. The molecule has 1 heterocycles. The van der Waals surface area contributed by atoms with Crippen molar-refractivity contribution in [2.45, 2.75) is 13.5 Å². The fraction of sp³-hybridized carbons (Fsp3) is 0.143. The van der Waals surface area contributed by atoms with Crippen molar-refractivity contribution in [1.29, 1.82) is 0 Å². The molecule has 6 nitrogen and oxygen atoms in total. The van der Waals surface area contributed by atoms with Crippen molar-refractivity contribution in [3.63, 3.8) is 0 Å². The van der Waals surface area contributed by atoms with Crippen molar-refractivity contribution < 1.29 is 19.1 Å². The molecule has 0 saturated heterocycles. The van der Waals surface area contributed by atoms with Gasteiger partial charge in [-0.2, -0.15) is 0 Å². The highest BCUT2D eigenvalue weighted by Gasteiger charge is 2.13. The van der Waals surface area contributed by atoms with Gasteiger partial charge < -0.3 is 20.6 Å². The van der Waals surface area contributed by atoms with Gasteiger partial charge in [0, 0.05) is 11.3 Å². The number of primary amides is 1. The Morgan fingerprint density at radius 2 is 1.95 bits per heavy atom. The summed E-state index contributed by atoms with van der Waals surface area (Å²) in [6, 6.07) is 8.14. The number of rotatable bonds is 5. The van der Waals surface area contributed by atoms with Gasteiger partial charge >= 0.3 is 5.97 Å². The van der Waals surface area contributed by atoms with Gasteiger partial charge in [0.25, 0.3) is 0 Å². The lowest BCUT2D eigenvalue weighted by Crippen LogP contribution is -2.10. The predicted octanol–water partition coefficient (Wildman–Crippen LogP) is 2.00. The third-order valence-corrected chi connectivity index (χ3v) is 2.84. The summed E-state index contributed by atoms with van der Waals surface area (Å²) >= 11 is 0. The molecule has 6 heteroatoms. The predicted molar refractivity (Wildman–Crippen MR) is 72.7 cm³/mol. The first-order chi connectivity index (χ1) is 9.47. The van der Waals surface area contributed by atoms with Gasteiger partial charge in [-0.3, -0.25) is 4.79 Å². The Kier molecular flexibility index (Phi) is 3.74. The van der Waals surface area contributed by atoms with E-state index in [1.54, 1.807) is 31.2 Å². The van der Waals surface area contributed by atoms with E-state index in [4.69, 9.17) is 15.3 Å². The largest absolute Gasteiger partial charge is 0.478 e. The molecule has 0 fully saturated rings. The Hall–Kier alpha value is -2.76. The molecular weight excluding hydrogens is 260 g/mol. The Morgan fingerprint density at radius 3 is 2.45 bits per heavy atom. The van der Waals surface area contributed by atoms with Crippen molar-refractivity contribution in [3.05, 3.63) is 53.0 Å². The van der Waals surface area contributed by atoms with Gasteiger partial charge in [-0.15, -0.1) is 0 Å². The van der Waals surface area contributed by atoms with Crippen molar-refractivity contribution in [1.82, 2.24) is 0 Å². The summed E-state index contributed by atoms with van der Waals surface area (Å²) in [6.07, 6.45) is 0. The van der Waals surface area contributed by atoms with Crippen LogP contribution in [0.15, 0.2) is 34.7 Å². The number of carboxylic acids is 1. The maximum absolute atomic E-state index is 10.9. The van der Waals surface area contributed by atoms with Crippen LogP contribution in [-0.2, 0) is 6.54 Å². The number of hydrogen-bond acceptors (Lipinski definition) is 4. The quantitative estimate of drug-likeness (QED) is 0.773. The van der Waals surface area contributed by atoms with E-state index in [1.165, 1.54) is 6.07 Å². The van der Waals surface area contributed by atoms with Crippen LogP contribution in [0.4, 0.5) is 5.69 Å². The van der Waals surface area contributed by atoms with E-state index in [0.717, 1.165) is 5.69 Å².